The molecule has 0 saturated carbocycles. The van der Waals surface area contributed by atoms with Gasteiger partial charge in [0, 0.05) is 18.4 Å². The third-order valence-electron chi connectivity index (χ3n) is 4.35. The highest BCUT2D eigenvalue weighted by molar-refractivity contribution is 6.13. The average molecular weight is 341 g/mol. The van der Waals surface area contributed by atoms with E-state index in [1.54, 1.807) is 13.8 Å². The lowest BCUT2D eigenvalue weighted by Crippen LogP contribution is -2.36. The Morgan fingerprint density at radius 3 is 2.48 bits per heavy atom. The van der Waals surface area contributed by atoms with Crippen LogP contribution in [0.15, 0.2) is 53.0 Å². The van der Waals surface area contributed by atoms with E-state index in [9.17, 15) is 9.59 Å². The van der Waals surface area contributed by atoms with Crippen LogP contribution < -0.4 is 0 Å². The minimum Gasteiger partial charge on any atom is -0.462 e. The second kappa shape index (κ2) is 6.67. The monoisotopic (exact) mass is 341 g/mol. The van der Waals surface area contributed by atoms with Crippen molar-refractivity contribution < 1.29 is 23.5 Å². The van der Waals surface area contributed by atoms with E-state index in [1.807, 2.05) is 44.2 Å². The molecule has 25 heavy (non-hydrogen) atoms. The zero-order chi connectivity index (χ0) is 18.1. The largest absolute Gasteiger partial charge is 0.509 e. The lowest BCUT2D eigenvalue weighted by Gasteiger charge is -2.24. The lowest BCUT2D eigenvalue weighted by atomic mass is 9.76. The molecule has 1 aromatic carbocycles. The first kappa shape index (κ1) is 17.1. The number of ketones is 1. The van der Waals surface area contributed by atoms with Gasteiger partial charge in [0.15, 0.2) is 5.92 Å². The van der Waals surface area contributed by atoms with Crippen LogP contribution >= 0.6 is 0 Å². The maximum atomic E-state index is 12.9. The van der Waals surface area contributed by atoms with Crippen LogP contribution in [0, 0.1) is 5.92 Å². The van der Waals surface area contributed by atoms with Gasteiger partial charge in [-0.1, -0.05) is 30.3 Å². The van der Waals surface area contributed by atoms with E-state index < -0.39 is 17.8 Å². The van der Waals surface area contributed by atoms with Gasteiger partial charge in [-0.25, -0.2) is 4.79 Å². The molecular weight excluding hydrogens is 320 g/mol. The molecular formula is C20H21O5+. The Kier molecular flexibility index (Phi) is 4.57. The van der Waals surface area contributed by atoms with E-state index in [0.29, 0.717) is 17.1 Å². The molecule has 0 aliphatic carbocycles. The molecule has 0 saturated heterocycles. The molecule has 0 spiro atoms. The van der Waals surface area contributed by atoms with Crippen molar-refractivity contribution in [1.29, 1.82) is 0 Å². The lowest BCUT2D eigenvalue weighted by molar-refractivity contribution is -0.398. The molecule has 0 amide bonds. The van der Waals surface area contributed by atoms with E-state index in [1.165, 1.54) is 0 Å². The number of esters is 2. The average Bonchev–Trinajstić information content (AvgIpc) is 2.91. The number of carbonyl (C=O) groups is 2. The maximum absolute atomic E-state index is 12.9. The van der Waals surface area contributed by atoms with Gasteiger partial charge >= 0.3 is 11.9 Å². The van der Waals surface area contributed by atoms with Crippen molar-refractivity contribution in [2.24, 2.45) is 5.92 Å². The maximum Gasteiger partial charge on any atom is 0.509 e. The summed E-state index contributed by atoms with van der Waals surface area (Å²) in [5.74, 6) is -0.880. The van der Waals surface area contributed by atoms with Gasteiger partial charge in [0.1, 0.15) is 5.57 Å². The normalized spacial score (nSPS) is 22.3. The van der Waals surface area contributed by atoms with E-state index in [-0.39, 0.29) is 18.4 Å². The second-order valence-corrected chi connectivity index (χ2v) is 6.27. The zero-order valence-corrected chi connectivity index (χ0v) is 14.8. The van der Waals surface area contributed by atoms with Crippen LogP contribution in [0.5, 0.6) is 0 Å². The molecule has 5 heteroatoms. The Labute approximate surface area is 146 Å². The predicted octanol–water partition coefficient (Wildman–Crippen LogP) is 3.19. The molecule has 2 aliphatic heterocycles. The summed E-state index contributed by atoms with van der Waals surface area (Å²) in [7, 11) is 0. The SMILES string of the molecule is CCOC(=O)C1=C(C)OC2=[O+]C(=C(C)C)C(=O)C2C1c1ccccc1. The smallest absolute Gasteiger partial charge is 0.462 e. The van der Waals surface area contributed by atoms with E-state index in [2.05, 4.69) is 0 Å². The zero-order valence-electron chi connectivity index (χ0n) is 14.8. The quantitative estimate of drug-likeness (QED) is 0.367. The van der Waals surface area contributed by atoms with Crippen molar-refractivity contribution in [3.8, 4) is 0 Å². The highest BCUT2D eigenvalue weighted by Gasteiger charge is 2.58. The van der Waals surface area contributed by atoms with Crippen molar-refractivity contribution >= 4 is 17.7 Å². The summed E-state index contributed by atoms with van der Waals surface area (Å²) in [4.78, 5) is 25.5. The van der Waals surface area contributed by atoms with E-state index >= 15 is 0 Å². The number of rotatable bonds is 3. The van der Waals surface area contributed by atoms with Crippen LogP contribution in [0.4, 0.5) is 0 Å². The van der Waals surface area contributed by atoms with E-state index in [0.717, 1.165) is 11.1 Å². The fourth-order valence-corrected chi connectivity index (χ4v) is 3.27. The van der Waals surface area contributed by atoms with Gasteiger partial charge in [-0.3, -0.25) is 14.0 Å². The summed E-state index contributed by atoms with van der Waals surface area (Å²) in [6.45, 7) is 7.32. The number of hydrogen-bond donors (Lipinski definition) is 0. The van der Waals surface area contributed by atoms with Crippen molar-refractivity contribution in [3.05, 3.63) is 58.6 Å². The second-order valence-electron chi connectivity index (χ2n) is 6.27. The Bertz CT molecular complexity index is 810. The predicted molar refractivity (Wildman–Crippen MR) is 91.5 cm³/mol. The summed E-state index contributed by atoms with van der Waals surface area (Å²) in [6.07, 6.45) is 0. The molecule has 0 bridgehead atoms. The Morgan fingerprint density at radius 1 is 1.20 bits per heavy atom. The fraction of sp³-hybridized carbons (Fsp3) is 0.350. The third-order valence-corrected chi connectivity index (χ3v) is 4.35. The van der Waals surface area contributed by atoms with Crippen LogP contribution in [-0.4, -0.2) is 24.3 Å². The third kappa shape index (κ3) is 2.90. The standard InChI is InChI=1S/C20H21O5/c1-5-23-19(22)14-12(4)24-20-16(17(21)18(25-20)11(2)3)15(14)13-9-7-6-8-10-13/h6-10,15-16H,5H2,1-4H3/q+1. The highest BCUT2D eigenvalue weighted by Crippen LogP contribution is 2.43. The summed E-state index contributed by atoms with van der Waals surface area (Å²) >= 11 is 0. The van der Waals surface area contributed by atoms with Gasteiger partial charge in [0.2, 0.25) is 11.5 Å². The molecule has 3 rings (SSSR count). The van der Waals surface area contributed by atoms with Crippen molar-refractivity contribution in [3.63, 3.8) is 0 Å². The van der Waals surface area contributed by atoms with Gasteiger partial charge < -0.3 is 4.74 Å². The van der Waals surface area contributed by atoms with Crippen LogP contribution in [0.3, 0.4) is 0 Å². The first-order valence-electron chi connectivity index (χ1n) is 8.32. The number of hydrogen-bond acceptors (Lipinski definition) is 4. The fourth-order valence-electron chi connectivity index (χ4n) is 3.27. The molecule has 0 radical (unpaired) electrons. The van der Waals surface area contributed by atoms with Gasteiger partial charge in [-0.15, -0.1) is 0 Å². The first-order valence-corrected chi connectivity index (χ1v) is 8.32. The number of fused-ring (bicyclic) bond motifs is 1. The molecule has 0 aromatic heterocycles. The molecule has 2 unspecified atom stereocenters. The molecule has 0 fully saturated rings. The minimum absolute atomic E-state index is 0.168. The number of carbonyl (C=O) groups excluding carboxylic acids is 3. The summed E-state index contributed by atoms with van der Waals surface area (Å²) in [5, 5.41) is 0. The van der Waals surface area contributed by atoms with Crippen LogP contribution in [0.2, 0.25) is 0 Å². The van der Waals surface area contributed by atoms with Crippen molar-refractivity contribution in [2.45, 2.75) is 33.6 Å². The van der Waals surface area contributed by atoms with Crippen LogP contribution in [0.1, 0.15) is 39.2 Å². The van der Waals surface area contributed by atoms with Gasteiger partial charge in [0.25, 0.3) is 5.76 Å². The molecule has 2 heterocycles. The van der Waals surface area contributed by atoms with E-state index in [4.69, 9.17) is 13.9 Å². The van der Waals surface area contributed by atoms with Crippen molar-refractivity contribution in [2.75, 3.05) is 6.61 Å². The Balaban J connectivity index is 2.17. The van der Waals surface area contributed by atoms with Crippen LogP contribution in [-0.2, 0) is 23.5 Å². The number of allylic oxidation sites excluding steroid dienone is 3. The molecule has 1 aromatic rings. The van der Waals surface area contributed by atoms with Crippen LogP contribution in [0.25, 0.3) is 0 Å². The van der Waals surface area contributed by atoms with Gasteiger partial charge in [-0.2, -0.15) is 0 Å². The highest BCUT2D eigenvalue weighted by atomic mass is 16.6. The van der Waals surface area contributed by atoms with Crippen molar-refractivity contribution in [1.82, 2.24) is 0 Å². The Hall–Kier alpha value is -2.69. The summed E-state index contributed by atoms with van der Waals surface area (Å²) in [5.41, 5.74) is 1.99. The number of benzene rings is 1. The molecule has 5 nitrogen and oxygen atoms in total. The summed E-state index contributed by atoms with van der Waals surface area (Å²) < 4.78 is 16.6. The Morgan fingerprint density at radius 2 is 1.88 bits per heavy atom. The molecule has 2 atom stereocenters. The number of ether oxygens (including phenoxy) is 2. The topological polar surface area (TPSA) is 63.9 Å². The molecule has 2 aliphatic rings. The summed E-state index contributed by atoms with van der Waals surface area (Å²) in [6, 6.07) is 9.44. The first-order chi connectivity index (χ1) is 12.0. The minimum atomic E-state index is -0.685. The van der Waals surface area contributed by atoms with Gasteiger partial charge in [0.05, 0.1) is 6.61 Å². The van der Waals surface area contributed by atoms with Gasteiger partial charge in [-0.05, 0) is 26.3 Å². The number of Topliss-reactive ketones (excluding diaryl/α,β-unsaturated/α-hetero) is 1. The molecule has 130 valence electrons. The molecule has 0 N–H and O–H groups in total.